The second-order valence-corrected chi connectivity index (χ2v) is 6.89. The summed E-state index contributed by atoms with van der Waals surface area (Å²) in [5.74, 6) is 0.322. The molecule has 0 aromatic heterocycles. The molecule has 2 N–H and O–H groups in total. The monoisotopic (exact) mass is 308 g/mol. The minimum atomic E-state index is -0.366. The molecule has 5 heteroatoms. The number of nitrogens with two attached hydrogens (primary N) is 1. The Morgan fingerprint density at radius 3 is 2.11 bits per heavy atom. The molecule has 1 heterocycles. The number of rotatable bonds is 2. The molecule has 0 aromatic carbocycles. The zero-order valence-corrected chi connectivity index (χ0v) is 15.2. The van der Waals surface area contributed by atoms with Crippen molar-refractivity contribution in [3.05, 3.63) is 0 Å². The number of likely N-dealkylation sites (tertiary alicyclic amines) is 1. The van der Waals surface area contributed by atoms with Crippen LogP contribution < -0.4 is 5.73 Å². The Hall–Kier alpha value is 0.130. The Morgan fingerprint density at radius 1 is 1.26 bits per heavy atom. The first-order valence-electron chi connectivity index (χ1n) is 6.68. The average Bonchev–Trinajstić information content (AvgIpc) is 2.58. The van der Waals surface area contributed by atoms with E-state index >= 15 is 0 Å². The summed E-state index contributed by atoms with van der Waals surface area (Å²) < 4.78 is 0. The van der Waals surface area contributed by atoms with Crippen molar-refractivity contribution in [1.82, 2.24) is 4.90 Å². The lowest BCUT2D eigenvalue weighted by atomic mass is 9.73. The Morgan fingerprint density at radius 2 is 1.74 bits per heavy atom. The lowest BCUT2D eigenvalue weighted by Crippen LogP contribution is -2.58. The fourth-order valence-corrected chi connectivity index (χ4v) is 2.56. The Labute approximate surface area is 132 Å². The van der Waals surface area contributed by atoms with E-state index in [2.05, 4.69) is 27.7 Å². The van der Waals surface area contributed by atoms with Gasteiger partial charge in [-0.25, -0.2) is 0 Å². The molecule has 19 heavy (non-hydrogen) atoms. The van der Waals surface area contributed by atoms with Gasteiger partial charge in [0.25, 0.3) is 0 Å². The van der Waals surface area contributed by atoms with Gasteiger partial charge in [0, 0.05) is 12.1 Å². The highest BCUT2D eigenvalue weighted by Gasteiger charge is 2.48. The summed E-state index contributed by atoms with van der Waals surface area (Å²) in [6, 6.07) is -0.366. The molecule has 0 bridgehead atoms. The summed E-state index contributed by atoms with van der Waals surface area (Å²) in [5.41, 5.74) is 6.05. The van der Waals surface area contributed by atoms with Gasteiger partial charge in [-0.3, -0.25) is 4.79 Å². The molecule has 0 saturated carbocycles. The van der Waals surface area contributed by atoms with Crippen molar-refractivity contribution in [2.45, 2.75) is 66.0 Å². The maximum atomic E-state index is 12.4. The Kier molecular flexibility index (Phi) is 8.15. The van der Waals surface area contributed by atoms with Crippen LogP contribution in [0.2, 0.25) is 0 Å². The first-order valence-corrected chi connectivity index (χ1v) is 6.68. The Balaban J connectivity index is 0. The molecule has 1 saturated heterocycles. The predicted molar refractivity (Wildman–Crippen MR) is 92.4 cm³/mol. The van der Waals surface area contributed by atoms with Gasteiger partial charge in [-0.2, -0.15) is 27.0 Å². The first-order chi connectivity index (χ1) is 7.61. The van der Waals surface area contributed by atoms with Crippen LogP contribution in [0.3, 0.4) is 0 Å². The third kappa shape index (κ3) is 4.05. The zero-order chi connectivity index (χ0) is 13.4. The van der Waals surface area contributed by atoms with E-state index < -0.39 is 0 Å². The molecule has 1 aliphatic rings. The maximum absolute atomic E-state index is 12.4. The van der Waals surface area contributed by atoms with Crippen LogP contribution in [0.25, 0.3) is 0 Å². The third-order valence-electron chi connectivity index (χ3n) is 4.53. The van der Waals surface area contributed by atoms with E-state index in [-0.39, 0.29) is 55.8 Å². The first kappa shape index (κ1) is 21.4. The van der Waals surface area contributed by atoms with Crippen LogP contribution in [0.4, 0.5) is 0 Å². The Bertz CT molecular complexity index is 302. The predicted octanol–water partition coefficient (Wildman–Crippen LogP) is 2.62. The van der Waals surface area contributed by atoms with Gasteiger partial charge in [0.2, 0.25) is 5.91 Å². The van der Waals surface area contributed by atoms with Gasteiger partial charge in [-0.05, 0) is 31.1 Å². The van der Waals surface area contributed by atoms with Crippen LogP contribution in [0.15, 0.2) is 0 Å². The summed E-state index contributed by atoms with van der Waals surface area (Å²) in [4.78, 5) is 14.5. The summed E-state index contributed by atoms with van der Waals surface area (Å²) >= 11 is 0. The topological polar surface area (TPSA) is 46.3 Å². The normalized spacial score (nSPS) is 24.7. The number of carbonyl (C=O) groups excluding carboxylic acids is 1. The highest BCUT2D eigenvalue weighted by Crippen LogP contribution is 2.43. The zero-order valence-electron chi connectivity index (χ0n) is 13.2. The molecule has 1 amide bonds. The van der Waals surface area contributed by atoms with Crippen LogP contribution in [-0.4, -0.2) is 28.9 Å². The van der Waals surface area contributed by atoms with E-state index in [0.717, 1.165) is 19.4 Å². The second kappa shape index (κ2) is 7.23. The largest absolute Gasteiger partial charge is 0.335 e. The van der Waals surface area contributed by atoms with Gasteiger partial charge >= 0.3 is 0 Å². The van der Waals surface area contributed by atoms with E-state index in [9.17, 15) is 4.79 Å². The number of hydrogen-bond donors (Lipinski definition) is 1. The molecule has 0 aromatic rings. The van der Waals surface area contributed by atoms with Gasteiger partial charge < -0.3 is 10.6 Å². The van der Waals surface area contributed by atoms with Gasteiger partial charge in [-0.15, -0.1) is 0 Å². The van der Waals surface area contributed by atoms with Gasteiger partial charge in [0.15, 0.2) is 0 Å². The SMILES string of the molecule is CC(C)[C@H](N)C(=O)N1CCC[C@@]1(C)C(C)(C)C.S.S. The molecule has 1 fully saturated rings. The van der Waals surface area contributed by atoms with E-state index in [1.54, 1.807) is 0 Å². The molecule has 0 aliphatic carbocycles. The van der Waals surface area contributed by atoms with E-state index in [4.69, 9.17) is 5.73 Å². The fourth-order valence-electron chi connectivity index (χ4n) is 2.56. The van der Waals surface area contributed by atoms with Crippen LogP contribution in [0.1, 0.15) is 54.4 Å². The van der Waals surface area contributed by atoms with E-state index in [0.29, 0.717) is 0 Å². The average molecular weight is 309 g/mol. The number of nitrogens with zero attached hydrogens (tertiary/aromatic N) is 1. The smallest absolute Gasteiger partial charge is 0.240 e. The fraction of sp³-hybridized carbons (Fsp3) is 0.929. The maximum Gasteiger partial charge on any atom is 0.240 e. The molecule has 0 radical (unpaired) electrons. The highest BCUT2D eigenvalue weighted by molar-refractivity contribution is 7.59. The molecule has 0 spiro atoms. The lowest BCUT2D eigenvalue weighted by molar-refractivity contribution is -0.141. The minimum Gasteiger partial charge on any atom is -0.335 e. The highest BCUT2D eigenvalue weighted by atomic mass is 32.1. The number of carbonyl (C=O) groups is 1. The van der Waals surface area contributed by atoms with Crippen molar-refractivity contribution >= 4 is 32.9 Å². The number of hydrogen-bond acceptors (Lipinski definition) is 2. The van der Waals surface area contributed by atoms with Crippen molar-refractivity contribution in [3.63, 3.8) is 0 Å². The van der Waals surface area contributed by atoms with E-state index in [1.807, 2.05) is 18.7 Å². The summed E-state index contributed by atoms with van der Waals surface area (Å²) in [6.45, 7) is 13.7. The van der Waals surface area contributed by atoms with Crippen molar-refractivity contribution < 1.29 is 4.79 Å². The standard InChI is InChI=1S/C14H28N2O.2H2S/c1-10(2)11(15)12(17)16-9-7-8-14(16,6)13(3,4)5;;/h10-11H,7-9,15H2,1-6H3;2*1H2/t11-,14-;;/m0../s1. The van der Waals surface area contributed by atoms with Gasteiger partial charge in [-0.1, -0.05) is 34.6 Å². The minimum absolute atomic E-state index is 0. The molecule has 2 atom stereocenters. The van der Waals surface area contributed by atoms with Gasteiger partial charge in [0.05, 0.1) is 6.04 Å². The van der Waals surface area contributed by atoms with Crippen LogP contribution in [-0.2, 0) is 4.79 Å². The number of amides is 1. The van der Waals surface area contributed by atoms with Crippen molar-refractivity contribution in [2.24, 2.45) is 17.1 Å². The molecular weight excluding hydrogens is 276 g/mol. The van der Waals surface area contributed by atoms with Crippen LogP contribution in [0.5, 0.6) is 0 Å². The van der Waals surface area contributed by atoms with Crippen molar-refractivity contribution in [1.29, 1.82) is 0 Å². The lowest BCUT2D eigenvalue weighted by Gasteiger charge is -2.46. The molecule has 0 unspecified atom stereocenters. The summed E-state index contributed by atoms with van der Waals surface area (Å²) in [6.07, 6.45) is 2.16. The van der Waals surface area contributed by atoms with E-state index in [1.165, 1.54) is 0 Å². The van der Waals surface area contributed by atoms with Crippen LogP contribution in [0, 0.1) is 11.3 Å². The quantitative estimate of drug-likeness (QED) is 0.852. The molecular formula is C14H32N2OS2. The molecule has 3 nitrogen and oxygen atoms in total. The molecule has 1 aliphatic heterocycles. The van der Waals surface area contributed by atoms with Crippen LogP contribution >= 0.6 is 27.0 Å². The second-order valence-electron chi connectivity index (χ2n) is 6.89. The molecule has 1 rings (SSSR count). The molecule has 116 valence electrons. The summed E-state index contributed by atoms with van der Waals surface area (Å²) in [5, 5.41) is 0. The van der Waals surface area contributed by atoms with Gasteiger partial charge in [0.1, 0.15) is 0 Å². The summed E-state index contributed by atoms with van der Waals surface area (Å²) in [7, 11) is 0. The van der Waals surface area contributed by atoms with Crippen molar-refractivity contribution in [2.75, 3.05) is 6.54 Å². The van der Waals surface area contributed by atoms with Crippen molar-refractivity contribution in [3.8, 4) is 0 Å². The third-order valence-corrected chi connectivity index (χ3v) is 4.53.